The molecule has 20 heavy (non-hydrogen) atoms. The number of benzene rings is 1. The van der Waals surface area contributed by atoms with E-state index in [2.05, 4.69) is 10.3 Å². The normalized spacial score (nSPS) is 10.2. The van der Waals surface area contributed by atoms with E-state index in [-0.39, 0.29) is 12.1 Å². The standard InChI is InChI=1S/C14H16N4O2/c15-6-7-16-12-10-17-13(11-4-2-1-3-5-11)18(8-9-19)14(12)20/h1-5,9-10,16H,6-8,15H2. The molecule has 0 aliphatic rings. The van der Waals surface area contributed by atoms with Crippen LogP contribution in [0, 0.1) is 0 Å². The summed E-state index contributed by atoms with van der Waals surface area (Å²) >= 11 is 0. The van der Waals surface area contributed by atoms with Gasteiger partial charge in [0.1, 0.15) is 17.8 Å². The van der Waals surface area contributed by atoms with Crippen molar-refractivity contribution in [1.29, 1.82) is 0 Å². The second kappa shape index (κ2) is 6.63. The van der Waals surface area contributed by atoms with Gasteiger partial charge in [-0.3, -0.25) is 9.36 Å². The van der Waals surface area contributed by atoms with Crippen molar-refractivity contribution < 1.29 is 4.79 Å². The molecule has 104 valence electrons. The first-order chi connectivity index (χ1) is 9.77. The molecule has 6 heteroatoms. The molecule has 0 fully saturated rings. The zero-order valence-electron chi connectivity index (χ0n) is 11.0. The van der Waals surface area contributed by atoms with Crippen LogP contribution in [0.2, 0.25) is 0 Å². The number of carbonyl (C=O) groups is 1. The first-order valence-electron chi connectivity index (χ1n) is 6.30. The van der Waals surface area contributed by atoms with Gasteiger partial charge in [-0.15, -0.1) is 0 Å². The van der Waals surface area contributed by atoms with E-state index in [1.54, 1.807) is 0 Å². The molecule has 0 atom stereocenters. The van der Waals surface area contributed by atoms with Crippen molar-refractivity contribution in [1.82, 2.24) is 9.55 Å². The molecule has 0 bridgehead atoms. The summed E-state index contributed by atoms with van der Waals surface area (Å²) in [5.74, 6) is 0.473. The molecule has 0 spiro atoms. The van der Waals surface area contributed by atoms with Crippen LogP contribution in [0.1, 0.15) is 0 Å². The van der Waals surface area contributed by atoms with Gasteiger partial charge in [-0.05, 0) is 0 Å². The summed E-state index contributed by atoms with van der Waals surface area (Å²) in [4.78, 5) is 27.4. The molecule has 6 nitrogen and oxygen atoms in total. The maximum absolute atomic E-state index is 12.3. The van der Waals surface area contributed by atoms with Gasteiger partial charge < -0.3 is 15.8 Å². The summed E-state index contributed by atoms with van der Waals surface area (Å²) in [6.45, 7) is 0.852. The Kier molecular flexibility index (Phi) is 4.62. The minimum Gasteiger partial charge on any atom is -0.378 e. The molecule has 1 heterocycles. The Morgan fingerprint density at radius 1 is 1.30 bits per heavy atom. The van der Waals surface area contributed by atoms with E-state index in [0.717, 1.165) is 5.56 Å². The molecule has 0 aliphatic heterocycles. The van der Waals surface area contributed by atoms with Crippen LogP contribution in [-0.2, 0) is 11.3 Å². The maximum atomic E-state index is 12.3. The maximum Gasteiger partial charge on any atom is 0.277 e. The zero-order valence-corrected chi connectivity index (χ0v) is 11.0. The van der Waals surface area contributed by atoms with Crippen LogP contribution in [0.25, 0.3) is 11.4 Å². The fraction of sp³-hybridized carbons (Fsp3) is 0.214. The number of rotatable bonds is 6. The molecule has 0 unspecified atom stereocenters. The SMILES string of the molecule is NCCNc1cnc(-c2ccccc2)n(CC=O)c1=O. The number of aldehydes is 1. The van der Waals surface area contributed by atoms with Gasteiger partial charge in [0, 0.05) is 18.7 Å². The fourth-order valence-corrected chi connectivity index (χ4v) is 1.88. The monoisotopic (exact) mass is 272 g/mol. The van der Waals surface area contributed by atoms with Crippen molar-refractivity contribution in [3.63, 3.8) is 0 Å². The Labute approximate surface area is 116 Å². The molecule has 1 aromatic carbocycles. The van der Waals surface area contributed by atoms with Gasteiger partial charge >= 0.3 is 0 Å². The summed E-state index contributed by atoms with van der Waals surface area (Å²) in [5.41, 5.74) is 6.25. The van der Waals surface area contributed by atoms with Crippen LogP contribution >= 0.6 is 0 Å². The first kappa shape index (κ1) is 14.0. The molecule has 0 radical (unpaired) electrons. The summed E-state index contributed by atoms with van der Waals surface area (Å²) < 4.78 is 1.35. The minimum atomic E-state index is -0.278. The average Bonchev–Trinajstić information content (AvgIpc) is 2.49. The molecular formula is C14H16N4O2. The molecule has 0 aliphatic carbocycles. The number of nitrogens with two attached hydrogens (primary N) is 1. The Morgan fingerprint density at radius 3 is 2.70 bits per heavy atom. The highest BCUT2D eigenvalue weighted by Gasteiger charge is 2.11. The quantitative estimate of drug-likeness (QED) is 0.746. The van der Waals surface area contributed by atoms with Gasteiger partial charge in [0.15, 0.2) is 0 Å². The summed E-state index contributed by atoms with van der Waals surface area (Å²) in [5, 5.41) is 2.90. The summed E-state index contributed by atoms with van der Waals surface area (Å²) in [6, 6.07) is 9.27. The van der Waals surface area contributed by atoms with Gasteiger partial charge in [-0.25, -0.2) is 4.98 Å². The third-order valence-electron chi connectivity index (χ3n) is 2.80. The molecule has 0 saturated carbocycles. The Bertz CT molecular complexity index is 637. The molecule has 3 N–H and O–H groups in total. The van der Waals surface area contributed by atoms with Crippen molar-refractivity contribution in [3.8, 4) is 11.4 Å². The summed E-state index contributed by atoms with van der Waals surface area (Å²) in [6.07, 6.45) is 2.16. The van der Waals surface area contributed by atoms with E-state index in [4.69, 9.17) is 5.73 Å². The van der Waals surface area contributed by atoms with Gasteiger partial charge in [-0.1, -0.05) is 30.3 Å². The predicted octanol–water partition coefficient (Wildman–Crippen LogP) is 0.480. The van der Waals surface area contributed by atoms with E-state index >= 15 is 0 Å². The third-order valence-corrected chi connectivity index (χ3v) is 2.80. The van der Waals surface area contributed by atoms with Crippen molar-refractivity contribution in [2.24, 2.45) is 5.73 Å². The second-order valence-electron chi connectivity index (χ2n) is 4.16. The van der Waals surface area contributed by atoms with Crippen LogP contribution in [0.4, 0.5) is 5.69 Å². The lowest BCUT2D eigenvalue weighted by Gasteiger charge is -2.12. The number of carbonyl (C=O) groups excluding carboxylic acids is 1. The van der Waals surface area contributed by atoms with Crippen molar-refractivity contribution in [3.05, 3.63) is 46.9 Å². The molecule has 0 amide bonds. The lowest BCUT2D eigenvalue weighted by molar-refractivity contribution is -0.108. The van der Waals surface area contributed by atoms with Crippen molar-refractivity contribution in [2.75, 3.05) is 18.4 Å². The zero-order chi connectivity index (χ0) is 14.4. The lowest BCUT2D eigenvalue weighted by atomic mass is 10.2. The van der Waals surface area contributed by atoms with E-state index in [0.29, 0.717) is 30.9 Å². The molecule has 2 aromatic rings. The van der Waals surface area contributed by atoms with Crippen molar-refractivity contribution in [2.45, 2.75) is 6.54 Å². The Hall–Kier alpha value is -2.47. The van der Waals surface area contributed by atoms with Crippen LogP contribution in [0.15, 0.2) is 41.3 Å². The third kappa shape index (κ3) is 2.92. The minimum absolute atomic E-state index is 0.0335. The van der Waals surface area contributed by atoms with Crippen LogP contribution in [0.3, 0.4) is 0 Å². The molecule has 1 aromatic heterocycles. The Balaban J connectivity index is 2.50. The average molecular weight is 272 g/mol. The predicted molar refractivity (Wildman–Crippen MR) is 77.5 cm³/mol. The molecule has 0 saturated heterocycles. The van der Waals surface area contributed by atoms with Crippen LogP contribution in [-0.4, -0.2) is 28.9 Å². The fourth-order valence-electron chi connectivity index (χ4n) is 1.88. The molecular weight excluding hydrogens is 256 g/mol. The Morgan fingerprint density at radius 2 is 2.05 bits per heavy atom. The van der Waals surface area contributed by atoms with E-state index in [1.165, 1.54) is 10.8 Å². The number of nitrogens with one attached hydrogen (secondary N) is 1. The van der Waals surface area contributed by atoms with Gasteiger partial charge in [0.2, 0.25) is 0 Å². The number of hydrogen-bond donors (Lipinski definition) is 2. The number of hydrogen-bond acceptors (Lipinski definition) is 5. The highest BCUT2D eigenvalue weighted by atomic mass is 16.1. The van der Waals surface area contributed by atoms with Gasteiger partial charge in [0.05, 0.1) is 12.7 Å². The number of aromatic nitrogens is 2. The highest BCUT2D eigenvalue weighted by Crippen LogP contribution is 2.15. The summed E-state index contributed by atoms with van der Waals surface area (Å²) in [7, 11) is 0. The topological polar surface area (TPSA) is 90.0 Å². The van der Waals surface area contributed by atoms with E-state index in [1.807, 2.05) is 30.3 Å². The second-order valence-corrected chi connectivity index (χ2v) is 4.16. The van der Waals surface area contributed by atoms with Crippen molar-refractivity contribution >= 4 is 12.0 Å². The molecule has 2 rings (SSSR count). The first-order valence-corrected chi connectivity index (χ1v) is 6.30. The largest absolute Gasteiger partial charge is 0.378 e. The number of nitrogens with zero attached hydrogens (tertiary/aromatic N) is 2. The van der Waals surface area contributed by atoms with Crippen LogP contribution < -0.4 is 16.6 Å². The number of anilines is 1. The van der Waals surface area contributed by atoms with Crippen LogP contribution in [0.5, 0.6) is 0 Å². The smallest absolute Gasteiger partial charge is 0.277 e. The van der Waals surface area contributed by atoms with Gasteiger partial charge in [-0.2, -0.15) is 0 Å². The highest BCUT2D eigenvalue weighted by molar-refractivity contribution is 5.59. The van der Waals surface area contributed by atoms with E-state index < -0.39 is 0 Å². The lowest BCUT2D eigenvalue weighted by Crippen LogP contribution is -2.28. The van der Waals surface area contributed by atoms with Gasteiger partial charge in [0.25, 0.3) is 5.56 Å². The van der Waals surface area contributed by atoms with E-state index in [9.17, 15) is 9.59 Å².